The smallest absolute Gasteiger partial charge is 0.263 e. The van der Waals surface area contributed by atoms with E-state index in [-0.39, 0.29) is 5.91 Å². The summed E-state index contributed by atoms with van der Waals surface area (Å²) in [4.78, 5) is 12.4. The van der Waals surface area contributed by atoms with Gasteiger partial charge in [0.2, 0.25) is 0 Å². The van der Waals surface area contributed by atoms with Crippen molar-refractivity contribution in [2.75, 3.05) is 13.2 Å². The lowest BCUT2D eigenvalue weighted by Gasteiger charge is -2.22. The number of amides is 1. The summed E-state index contributed by atoms with van der Waals surface area (Å²) < 4.78 is 12.1. The lowest BCUT2D eigenvalue weighted by Crippen LogP contribution is -2.17. The van der Waals surface area contributed by atoms with Gasteiger partial charge in [-0.15, -0.1) is 0 Å². The number of hydrogen-bond donors (Lipinski definition) is 1. The Balaban J connectivity index is 1.25. The minimum atomic E-state index is -0.153. The molecule has 1 N–H and O–H groups in total. The van der Waals surface area contributed by atoms with Gasteiger partial charge in [0.1, 0.15) is 29.0 Å². The molecule has 6 heteroatoms. The highest BCUT2D eigenvalue weighted by molar-refractivity contribution is 8.26. The summed E-state index contributed by atoms with van der Waals surface area (Å²) in [5.41, 5.74) is 2.33. The first-order valence-electron chi connectivity index (χ1n) is 10.4. The van der Waals surface area contributed by atoms with Crippen LogP contribution in [-0.4, -0.2) is 23.4 Å². The fourth-order valence-corrected chi connectivity index (χ4v) is 4.90. The van der Waals surface area contributed by atoms with E-state index in [1.54, 1.807) is 0 Å². The van der Waals surface area contributed by atoms with Crippen LogP contribution < -0.4 is 14.8 Å². The van der Waals surface area contributed by atoms with E-state index in [4.69, 9.17) is 21.7 Å². The third kappa shape index (κ3) is 5.64. The van der Waals surface area contributed by atoms with Crippen molar-refractivity contribution >= 4 is 40.3 Å². The molecule has 2 aromatic rings. The second kappa shape index (κ2) is 10.1. The molecular weight excluding hydrogens is 414 g/mol. The second-order valence-electron chi connectivity index (χ2n) is 7.53. The molecule has 0 unspecified atom stereocenters. The normalized spacial score (nSPS) is 18.5. The molecule has 2 aromatic carbocycles. The molecule has 0 bridgehead atoms. The van der Waals surface area contributed by atoms with Crippen LogP contribution in [0.4, 0.5) is 0 Å². The van der Waals surface area contributed by atoms with Gasteiger partial charge in [-0.1, -0.05) is 67.5 Å². The van der Waals surface area contributed by atoms with Crippen molar-refractivity contribution in [2.24, 2.45) is 0 Å². The second-order valence-corrected chi connectivity index (χ2v) is 9.24. The van der Waals surface area contributed by atoms with E-state index >= 15 is 0 Å². The highest BCUT2D eigenvalue weighted by Gasteiger charge is 2.21. The number of carbonyl (C=O) groups excluding carboxylic acids is 1. The molecule has 2 fully saturated rings. The minimum Gasteiger partial charge on any atom is -0.490 e. The molecule has 0 spiro atoms. The van der Waals surface area contributed by atoms with Gasteiger partial charge in [0.15, 0.2) is 0 Å². The first-order chi connectivity index (χ1) is 14.7. The van der Waals surface area contributed by atoms with Gasteiger partial charge in [-0.3, -0.25) is 4.79 Å². The monoisotopic (exact) mass is 439 g/mol. The number of thiocarbonyl (C=S) groups is 1. The summed E-state index contributed by atoms with van der Waals surface area (Å²) in [7, 11) is 0. The molecule has 0 aromatic heterocycles. The van der Waals surface area contributed by atoms with Crippen molar-refractivity contribution in [1.29, 1.82) is 0 Å². The van der Waals surface area contributed by atoms with E-state index in [9.17, 15) is 4.79 Å². The molecule has 1 aliphatic carbocycles. The van der Waals surface area contributed by atoms with Crippen molar-refractivity contribution in [2.45, 2.75) is 38.0 Å². The minimum absolute atomic E-state index is 0.153. The molecule has 30 heavy (non-hydrogen) atoms. The Hall–Kier alpha value is -2.31. The van der Waals surface area contributed by atoms with Crippen LogP contribution in [0.3, 0.4) is 0 Å². The Bertz CT molecular complexity index is 934. The highest BCUT2D eigenvalue weighted by Crippen LogP contribution is 2.33. The standard InChI is InChI=1S/C24H25NO3S2/c26-23-22(30-24(29)25-23)16-17-5-4-8-21(15-17)28-14-13-27-20-11-9-19(10-12-20)18-6-2-1-3-7-18/h4-5,8-12,15-16,18H,1-3,6-7,13-14H2,(H,25,26,29)/b22-16-. The molecule has 1 aliphatic heterocycles. The van der Waals surface area contributed by atoms with E-state index < -0.39 is 0 Å². The molecule has 1 saturated heterocycles. The zero-order chi connectivity index (χ0) is 20.8. The third-order valence-electron chi connectivity index (χ3n) is 5.38. The maximum absolute atomic E-state index is 11.8. The number of nitrogens with one attached hydrogen (secondary N) is 1. The van der Waals surface area contributed by atoms with Crippen LogP contribution in [0, 0.1) is 0 Å². The zero-order valence-electron chi connectivity index (χ0n) is 16.8. The van der Waals surface area contributed by atoms with Crippen LogP contribution in [0.1, 0.15) is 49.1 Å². The van der Waals surface area contributed by atoms with E-state index in [0.717, 1.165) is 17.1 Å². The maximum atomic E-state index is 11.8. The van der Waals surface area contributed by atoms with Gasteiger partial charge in [-0.25, -0.2) is 0 Å². The number of carbonyl (C=O) groups is 1. The van der Waals surface area contributed by atoms with Gasteiger partial charge in [0, 0.05) is 0 Å². The summed E-state index contributed by atoms with van der Waals surface area (Å²) in [6.07, 6.45) is 8.49. The van der Waals surface area contributed by atoms with E-state index in [0.29, 0.717) is 28.4 Å². The Labute approximate surface area is 187 Å². The average Bonchev–Trinajstić information content (AvgIpc) is 3.09. The predicted molar refractivity (Wildman–Crippen MR) is 126 cm³/mol. The number of ether oxygens (including phenoxy) is 2. The summed E-state index contributed by atoms with van der Waals surface area (Å²) in [5.74, 6) is 2.17. The Morgan fingerprint density at radius 1 is 1.00 bits per heavy atom. The average molecular weight is 440 g/mol. The molecular formula is C24H25NO3S2. The molecule has 2 aliphatic rings. The van der Waals surface area contributed by atoms with Crippen molar-refractivity contribution in [3.05, 3.63) is 64.6 Å². The maximum Gasteiger partial charge on any atom is 0.263 e. The van der Waals surface area contributed by atoms with Crippen molar-refractivity contribution < 1.29 is 14.3 Å². The van der Waals surface area contributed by atoms with Crippen molar-refractivity contribution in [3.8, 4) is 11.5 Å². The van der Waals surface area contributed by atoms with Crippen LogP contribution in [0.15, 0.2) is 53.4 Å². The molecule has 156 valence electrons. The molecule has 0 radical (unpaired) electrons. The molecule has 4 rings (SSSR count). The third-order valence-corrected chi connectivity index (χ3v) is 6.54. The van der Waals surface area contributed by atoms with Crippen LogP contribution in [0.25, 0.3) is 6.08 Å². The molecule has 0 atom stereocenters. The lowest BCUT2D eigenvalue weighted by molar-refractivity contribution is -0.115. The topological polar surface area (TPSA) is 47.6 Å². The Morgan fingerprint density at radius 3 is 2.43 bits per heavy atom. The fourth-order valence-electron chi connectivity index (χ4n) is 3.86. The first-order valence-corrected chi connectivity index (χ1v) is 11.6. The molecule has 4 nitrogen and oxygen atoms in total. The zero-order valence-corrected chi connectivity index (χ0v) is 18.4. The van der Waals surface area contributed by atoms with Gasteiger partial charge in [0.25, 0.3) is 5.91 Å². The van der Waals surface area contributed by atoms with Gasteiger partial charge >= 0.3 is 0 Å². The van der Waals surface area contributed by atoms with Crippen LogP contribution >= 0.6 is 24.0 Å². The van der Waals surface area contributed by atoms with Gasteiger partial charge < -0.3 is 14.8 Å². The molecule has 1 heterocycles. The summed E-state index contributed by atoms with van der Waals surface area (Å²) in [6, 6.07) is 16.2. The number of hydrogen-bond acceptors (Lipinski definition) is 5. The van der Waals surface area contributed by atoms with Crippen molar-refractivity contribution in [1.82, 2.24) is 5.32 Å². The lowest BCUT2D eigenvalue weighted by atomic mass is 9.84. The van der Waals surface area contributed by atoms with Gasteiger partial charge in [-0.05, 0) is 60.2 Å². The van der Waals surface area contributed by atoms with Crippen LogP contribution in [-0.2, 0) is 4.79 Å². The Kier molecular flexibility index (Phi) is 7.07. The highest BCUT2D eigenvalue weighted by atomic mass is 32.2. The van der Waals surface area contributed by atoms with E-state index in [2.05, 4.69) is 29.6 Å². The number of thioether (sulfide) groups is 1. The first kappa shape index (κ1) is 20.9. The van der Waals surface area contributed by atoms with Gasteiger partial charge in [0.05, 0.1) is 4.91 Å². The SMILES string of the molecule is O=C1NC(=S)S/C1=C\c1cccc(OCCOc2ccc(C3CCCCC3)cc2)c1. The number of rotatable bonds is 7. The van der Waals surface area contributed by atoms with E-state index in [1.165, 1.54) is 49.4 Å². The molecule has 1 amide bonds. The van der Waals surface area contributed by atoms with Crippen LogP contribution in [0.5, 0.6) is 11.5 Å². The van der Waals surface area contributed by atoms with E-state index in [1.807, 2.05) is 30.3 Å². The van der Waals surface area contributed by atoms with Gasteiger partial charge in [-0.2, -0.15) is 0 Å². The largest absolute Gasteiger partial charge is 0.490 e. The predicted octanol–water partition coefficient (Wildman–Crippen LogP) is 5.68. The Morgan fingerprint density at radius 2 is 1.73 bits per heavy atom. The summed E-state index contributed by atoms with van der Waals surface area (Å²) in [5, 5.41) is 2.62. The quantitative estimate of drug-likeness (QED) is 0.342. The number of benzene rings is 2. The fraction of sp³-hybridized carbons (Fsp3) is 0.333. The van der Waals surface area contributed by atoms with Crippen molar-refractivity contribution in [3.63, 3.8) is 0 Å². The molecule has 1 saturated carbocycles. The summed E-state index contributed by atoms with van der Waals surface area (Å²) in [6.45, 7) is 0.921. The summed E-state index contributed by atoms with van der Waals surface area (Å²) >= 11 is 6.29. The van der Waals surface area contributed by atoms with Crippen LogP contribution in [0.2, 0.25) is 0 Å².